The van der Waals surface area contributed by atoms with Gasteiger partial charge in [-0.2, -0.15) is 13.2 Å². The monoisotopic (exact) mass is 382 g/mol. The Balaban J connectivity index is 1.58. The molecular weight excluding hydrogens is 361 g/mol. The van der Waals surface area contributed by atoms with Crippen LogP contribution in [0.1, 0.15) is 19.2 Å². The van der Waals surface area contributed by atoms with Crippen molar-refractivity contribution in [2.24, 2.45) is 0 Å². The maximum Gasteiger partial charge on any atom is 0.401 e. The van der Waals surface area contributed by atoms with Crippen molar-refractivity contribution in [3.8, 4) is 0 Å². The van der Waals surface area contributed by atoms with E-state index in [1.807, 2.05) is 0 Å². The Labute approximate surface area is 154 Å². The highest BCUT2D eigenvalue weighted by Gasteiger charge is 2.35. The number of carbonyl (C=O) groups is 1. The number of nitrogens with one attached hydrogen (secondary N) is 1. The van der Waals surface area contributed by atoms with Crippen LogP contribution < -0.4 is 5.56 Å². The zero-order valence-electron chi connectivity index (χ0n) is 14.9. The van der Waals surface area contributed by atoms with Crippen LogP contribution in [0.2, 0.25) is 0 Å². The number of hydrogen-bond acceptors (Lipinski definition) is 4. The summed E-state index contributed by atoms with van der Waals surface area (Å²) in [4.78, 5) is 34.4. The minimum Gasteiger partial charge on any atom is -0.340 e. The average molecular weight is 382 g/mol. The number of benzene rings is 1. The Bertz CT molecular complexity index is 881. The molecule has 1 atom stereocenters. The highest BCUT2D eigenvalue weighted by Crippen LogP contribution is 2.20. The number of rotatable bonds is 4. The van der Waals surface area contributed by atoms with E-state index in [4.69, 9.17) is 0 Å². The van der Waals surface area contributed by atoms with Gasteiger partial charge in [-0.05, 0) is 19.1 Å². The Kier molecular flexibility index (Phi) is 5.50. The van der Waals surface area contributed by atoms with E-state index in [0.717, 1.165) is 0 Å². The van der Waals surface area contributed by atoms with Crippen molar-refractivity contribution in [1.82, 2.24) is 19.8 Å². The molecule has 146 valence electrons. The van der Waals surface area contributed by atoms with Gasteiger partial charge in [-0.15, -0.1) is 0 Å². The summed E-state index contributed by atoms with van der Waals surface area (Å²) in [5.41, 5.74) is 0.315. The van der Waals surface area contributed by atoms with Crippen LogP contribution in [0, 0.1) is 0 Å². The van der Waals surface area contributed by atoms with Gasteiger partial charge in [0.15, 0.2) is 0 Å². The number of alkyl halides is 3. The number of halogens is 3. The maximum atomic E-state index is 12.6. The van der Waals surface area contributed by atoms with E-state index in [2.05, 4.69) is 9.97 Å². The first kappa shape index (κ1) is 19.3. The molecule has 6 nitrogen and oxygen atoms in total. The van der Waals surface area contributed by atoms with Crippen LogP contribution in [0.3, 0.4) is 0 Å². The lowest BCUT2D eigenvalue weighted by Gasteiger charge is -2.40. The molecule has 1 N–H and O–H groups in total. The SMILES string of the molecule is C[C@@H]1CN(C(=O)CCc2nc3ccccc3c(=O)[nH]2)CCN1CC(F)(F)F. The first-order valence-corrected chi connectivity index (χ1v) is 8.79. The number of aryl methyl sites for hydroxylation is 1. The smallest absolute Gasteiger partial charge is 0.340 e. The summed E-state index contributed by atoms with van der Waals surface area (Å²) in [6.07, 6.45) is -3.82. The minimum atomic E-state index is -4.24. The molecule has 1 saturated heterocycles. The molecule has 1 amide bonds. The Morgan fingerprint density at radius 1 is 1.30 bits per heavy atom. The zero-order valence-corrected chi connectivity index (χ0v) is 14.9. The van der Waals surface area contributed by atoms with E-state index in [0.29, 0.717) is 16.7 Å². The number of amides is 1. The van der Waals surface area contributed by atoms with Crippen molar-refractivity contribution < 1.29 is 18.0 Å². The molecule has 1 fully saturated rings. The van der Waals surface area contributed by atoms with Crippen molar-refractivity contribution in [2.45, 2.75) is 32.0 Å². The number of carbonyl (C=O) groups excluding carboxylic acids is 1. The maximum absolute atomic E-state index is 12.6. The molecule has 27 heavy (non-hydrogen) atoms. The molecule has 0 spiro atoms. The lowest BCUT2D eigenvalue weighted by atomic mass is 10.1. The molecule has 0 saturated carbocycles. The zero-order chi connectivity index (χ0) is 19.6. The molecule has 1 aromatic carbocycles. The topological polar surface area (TPSA) is 69.3 Å². The fourth-order valence-corrected chi connectivity index (χ4v) is 3.32. The summed E-state index contributed by atoms with van der Waals surface area (Å²) in [6, 6.07) is 6.59. The molecule has 0 bridgehead atoms. The van der Waals surface area contributed by atoms with E-state index in [1.54, 1.807) is 36.1 Å². The van der Waals surface area contributed by atoms with Crippen molar-refractivity contribution in [2.75, 3.05) is 26.2 Å². The van der Waals surface area contributed by atoms with Crippen LogP contribution in [-0.4, -0.2) is 64.1 Å². The molecule has 0 aliphatic carbocycles. The summed E-state index contributed by atoms with van der Waals surface area (Å²) in [7, 11) is 0. The van der Waals surface area contributed by atoms with Gasteiger partial charge in [-0.3, -0.25) is 14.5 Å². The molecule has 3 rings (SSSR count). The predicted molar refractivity (Wildman–Crippen MR) is 94.4 cm³/mol. The fourth-order valence-electron chi connectivity index (χ4n) is 3.32. The predicted octanol–water partition coefficient (Wildman–Crippen LogP) is 1.95. The Hall–Kier alpha value is -2.42. The van der Waals surface area contributed by atoms with Gasteiger partial charge in [-0.1, -0.05) is 12.1 Å². The van der Waals surface area contributed by atoms with Crippen molar-refractivity contribution in [3.05, 3.63) is 40.4 Å². The molecule has 9 heteroatoms. The third-order valence-electron chi connectivity index (χ3n) is 4.74. The number of H-pyrrole nitrogens is 1. The van der Waals surface area contributed by atoms with Crippen molar-refractivity contribution >= 4 is 16.8 Å². The van der Waals surface area contributed by atoms with E-state index < -0.39 is 12.7 Å². The summed E-state index contributed by atoms with van der Waals surface area (Å²) >= 11 is 0. The van der Waals surface area contributed by atoms with Gasteiger partial charge in [-0.25, -0.2) is 4.98 Å². The first-order chi connectivity index (χ1) is 12.7. The van der Waals surface area contributed by atoms with Crippen LogP contribution in [0.4, 0.5) is 13.2 Å². The third kappa shape index (κ3) is 4.85. The van der Waals surface area contributed by atoms with E-state index in [1.165, 1.54) is 4.90 Å². The fraction of sp³-hybridized carbons (Fsp3) is 0.500. The normalized spacial score (nSPS) is 18.8. The first-order valence-electron chi connectivity index (χ1n) is 8.79. The molecule has 0 radical (unpaired) electrons. The van der Waals surface area contributed by atoms with Crippen molar-refractivity contribution in [3.63, 3.8) is 0 Å². The molecule has 1 aromatic heterocycles. The third-order valence-corrected chi connectivity index (χ3v) is 4.74. The molecular formula is C18H21F3N4O2. The average Bonchev–Trinajstić information content (AvgIpc) is 2.60. The van der Waals surface area contributed by atoms with Gasteiger partial charge in [0.25, 0.3) is 5.56 Å². The Morgan fingerprint density at radius 2 is 2.04 bits per heavy atom. The lowest BCUT2D eigenvalue weighted by molar-refractivity contribution is -0.157. The lowest BCUT2D eigenvalue weighted by Crippen LogP contribution is -2.55. The van der Waals surface area contributed by atoms with Crippen molar-refractivity contribution in [1.29, 1.82) is 0 Å². The second-order valence-electron chi connectivity index (χ2n) is 6.80. The highest BCUT2D eigenvalue weighted by atomic mass is 19.4. The summed E-state index contributed by atoms with van der Waals surface area (Å²) < 4.78 is 37.7. The van der Waals surface area contributed by atoms with E-state index in [-0.39, 0.29) is 50.0 Å². The number of fused-ring (bicyclic) bond motifs is 1. The summed E-state index contributed by atoms with van der Waals surface area (Å²) in [5.74, 6) is 0.278. The van der Waals surface area contributed by atoms with Gasteiger partial charge < -0.3 is 9.88 Å². The van der Waals surface area contributed by atoms with Crippen LogP contribution in [0.15, 0.2) is 29.1 Å². The Morgan fingerprint density at radius 3 is 2.74 bits per heavy atom. The highest BCUT2D eigenvalue weighted by molar-refractivity contribution is 5.78. The number of nitrogens with zero attached hydrogens (tertiary/aromatic N) is 3. The van der Waals surface area contributed by atoms with Gasteiger partial charge in [0.05, 0.1) is 17.4 Å². The van der Waals surface area contributed by atoms with Crippen LogP contribution in [0.25, 0.3) is 10.9 Å². The molecule has 1 aliphatic heterocycles. The number of hydrogen-bond donors (Lipinski definition) is 1. The summed E-state index contributed by atoms with van der Waals surface area (Å²) in [6.45, 7) is 1.45. The molecule has 0 unspecified atom stereocenters. The largest absolute Gasteiger partial charge is 0.401 e. The minimum absolute atomic E-state index is 0.146. The second kappa shape index (κ2) is 7.67. The second-order valence-corrected chi connectivity index (χ2v) is 6.80. The molecule has 1 aliphatic rings. The van der Waals surface area contributed by atoms with Gasteiger partial charge in [0.2, 0.25) is 5.91 Å². The number of piperazine rings is 1. The number of aromatic amines is 1. The summed E-state index contributed by atoms with van der Waals surface area (Å²) in [5, 5.41) is 0.488. The van der Waals surface area contributed by atoms with Crippen LogP contribution in [0.5, 0.6) is 0 Å². The standard InChI is InChI=1S/C18H21F3N4O2/c1-12-10-24(8-9-25(12)11-18(19,20)21)16(26)7-6-15-22-14-5-3-2-4-13(14)17(27)23-15/h2-5,12H,6-11H2,1H3,(H,22,23,27)/t12-/m1/s1. The molecule has 2 heterocycles. The quantitative estimate of drug-likeness (QED) is 0.878. The van der Waals surface area contributed by atoms with Crippen LogP contribution in [-0.2, 0) is 11.2 Å². The molecule has 2 aromatic rings. The van der Waals surface area contributed by atoms with Gasteiger partial charge in [0, 0.05) is 38.5 Å². The van der Waals surface area contributed by atoms with Gasteiger partial charge in [0.1, 0.15) is 5.82 Å². The van der Waals surface area contributed by atoms with E-state index in [9.17, 15) is 22.8 Å². The van der Waals surface area contributed by atoms with Crippen LogP contribution >= 0.6 is 0 Å². The number of aromatic nitrogens is 2. The number of para-hydroxylation sites is 1. The van der Waals surface area contributed by atoms with Gasteiger partial charge >= 0.3 is 6.18 Å². The van der Waals surface area contributed by atoms with E-state index >= 15 is 0 Å².